The number of hydrogen-bond donors (Lipinski definition) is 2. The summed E-state index contributed by atoms with van der Waals surface area (Å²) < 4.78 is 0. The Hall–Kier alpha value is -0.860. The Morgan fingerprint density at radius 1 is 1.36 bits per heavy atom. The van der Waals surface area contributed by atoms with Gasteiger partial charge in [0.25, 0.3) is 0 Å². The minimum atomic E-state index is -0.232. The molecule has 0 aliphatic carbocycles. The Morgan fingerprint density at radius 2 is 2.14 bits per heavy atom. The monoisotopic (exact) mass is 191 g/mol. The number of rotatable bonds is 1. The van der Waals surface area contributed by atoms with Gasteiger partial charge in [-0.25, -0.2) is 0 Å². The molecule has 1 fully saturated rings. The number of aliphatic hydroxyl groups is 1. The lowest BCUT2D eigenvalue weighted by Crippen LogP contribution is -2.39. The molecule has 76 valence electrons. The zero-order valence-corrected chi connectivity index (χ0v) is 8.53. The number of aryl methyl sites for hydroxylation is 1. The van der Waals surface area contributed by atoms with Crippen LogP contribution in [-0.4, -0.2) is 24.3 Å². The van der Waals surface area contributed by atoms with E-state index >= 15 is 0 Å². The van der Waals surface area contributed by atoms with Gasteiger partial charge >= 0.3 is 0 Å². The molecule has 0 spiro atoms. The van der Waals surface area contributed by atoms with Gasteiger partial charge < -0.3 is 10.4 Å². The summed E-state index contributed by atoms with van der Waals surface area (Å²) in [4.78, 5) is 0. The van der Waals surface area contributed by atoms with Gasteiger partial charge in [0, 0.05) is 12.5 Å². The van der Waals surface area contributed by atoms with Crippen LogP contribution in [-0.2, 0) is 0 Å². The van der Waals surface area contributed by atoms with E-state index in [-0.39, 0.29) is 6.10 Å². The molecule has 2 heteroatoms. The normalized spacial score (nSPS) is 27.6. The van der Waals surface area contributed by atoms with Crippen LogP contribution in [0.3, 0.4) is 0 Å². The Morgan fingerprint density at radius 3 is 2.86 bits per heavy atom. The van der Waals surface area contributed by atoms with E-state index in [4.69, 9.17) is 0 Å². The second kappa shape index (κ2) is 4.11. The highest BCUT2D eigenvalue weighted by molar-refractivity contribution is 5.30. The number of benzene rings is 1. The van der Waals surface area contributed by atoms with Crippen molar-refractivity contribution in [1.29, 1.82) is 0 Å². The molecule has 0 amide bonds. The average molecular weight is 191 g/mol. The first-order valence-corrected chi connectivity index (χ1v) is 5.23. The van der Waals surface area contributed by atoms with E-state index in [0.717, 1.165) is 19.5 Å². The summed E-state index contributed by atoms with van der Waals surface area (Å²) in [6.45, 7) is 3.85. The molecule has 1 heterocycles. The molecule has 0 bridgehead atoms. The van der Waals surface area contributed by atoms with E-state index < -0.39 is 0 Å². The van der Waals surface area contributed by atoms with Crippen molar-refractivity contribution in [3.05, 3.63) is 35.4 Å². The molecule has 2 N–H and O–H groups in total. The average Bonchev–Trinajstić information content (AvgIpc) is 2.20. The molecule has 0 aromatic heterocycles. The molecular weight excluding hydrogens is 174 g/mol. The highest BCUT2D eigenvalue weighted by atomic mass is 16.3. The summed E-state index contributed by atoms with van der Waals surface area (Å²) in [5, 5.41) is 13.1. The van der Waals surface area contributed by atoms with Gasteiger partial charge in [-0.15, -0.1) is 0 Å². The third-order valence-corrected chi connectivity index (χ3v) is 3.04. The quantitative estimate of drug-likeness (QED) is 0.704. The minimum Gasteiger partial charge on any atom is -0.391 e. The predicted octanol–water partition coefficient (Wildman–Crippen LogP) is 1.43. The molecule has 2 rings (SSSR count). The van der Waals surface area contributed by atoms with Crippen molar-refractivity contribution in [3.63, 3.8) is 0 Å². The van der Waals surface area contributed by atoms with Crippen molar-refractivity contribution in [3.8, 4) is 0 Å². The van der Waals surface area contributed by atoms with Crippen molar-refractivity contribution < 1.29 is 5.11 Å². The molecule has 1 aromatic carbocycles. The van der Waals surface area contributed by atoms with Gasteiger partial charge in [0.15, 0.2) is 0 Å². The molecule has 2 atom stereocenters. The Bertz CT molecular complexity index is 311. The molecule has 0 unspecified atom stereocenters. The van der Waals surface area contributed by atoms with Gasteiger partial charge in [-0.1, -0.05) is 24.3 Å². The van der Waals surface area contributed by atoms with Crippen LogP contribution < -0.4 is 5.32 Å². The summed E-state index contributed by atoms with van der Waals surface area (Å²) in [5.41, 5.74) is 2.60. The topological polar surface area (TPSA) is 32.3 Å². The maximum Gasteiger partial charge on any atom is 0.0733 e. The van der Waals surface area contributed by atoms with Gasteiger partial charge in [0.05, 0.1) is 6.10 Å². The van der Waals surface area contributed by atoms with E-state index in [1.54, 1.807) is 0 Å². The van der Waals surface area contributed by atoms with Crippen LogP contribution in [0.5, 0.6) is 0 Å². The summed E-state index contributed by atoms with van der Waals surface area (Å²) in [7, 11) is 0. The number of piperidine rings is 1. The van der Waals surface area contributed by atoms with Crippen molar-refractivity contribution in [2.24, 2.45) is 0 Å². The smallest absolute Gasteiger partial charge is 0.0733 e. The van der Waals surface area contributed by atoms with Crippen LogP contribution in [0.1, 0.15) is 23.5 Å². The van der Waals surface area contributed by atoms with Crippen molar-refractivity contribution in [2.75, 3.05) is 13.1 Å². The second-order valence-corrected chi connectivity index (χ2v) is 4.02. The van der Waals surface area contributed by atoms with Crippen LogP contribution in [0, 0.1) is 6.92 Å². The Kier molecular flexibility index (Phi) is 2.85. The number of nitrogens with one attached hydrogen (secondary N) is 1. The van der Waals surface area contributed by atoms with Crippen molar-refractivity contribution in [1.82, 2.24) is 5.32 Å². The lowest BCUT2D eigenvalue weighted by Gasteiger charge is -2.29. The van der Waals surface area contributed by atoms with Gasteiger partial charge in [-0.3, -0.25) is 0 Å². The van der Waals surface area contributed by atoms with Crippen LogP contribution in [0.4, 0.5) is 0 Å². The van der Waals surface area contributed by atoms with Crippen LogP contribution in [0.15, 0.2) is 24.3 Å². The molecule has 1 aromatic rings. The van der Waals surface area contributed by atoms with Crippen LogP contribution >= 0.6 is 0 Å². The Labute approximate surface area is 85.0 Å². The SMILES string of the molecule is Cc1ccccc1[C@H]1CCNC[C@@H]1O. The van der Waals surface area contributed by atoms with E-state index in [2.05, 4.69) is 30.4 Å². The van der Waals surface area contributed by atoms with Crippen LogP contribution in [0.2, 0.25) is 0 Å². The van der Waals surface area contributed by atoms with Crippen molar-refractivity contribution >= 4 is 0 Å². The van der Waals surface area contributed by atoms with Gasteiger partial charge in [0.2, 0.25) is 0 Å². The number of aliphatic hydroxyl groups excluding tert-OH is 1. The largest absolute Gasteiger partial charge is 0.391 e. The van der Waals surface area contributed by atoms with E-state index in [1.165, 1.54) is 11.1 Å². The maximum atomic E-state index is 9.88. The van der Waals surface area contributed by atoms with Gasteiger partial charge in [-0.2, -0.15) is 0 Å². The Balaban J connectivity index is 2.25. The molecule has 1 aliphatic heterocycles. The fraction of sp³-hybridized carbons (Fsp3) is 0.500. The first-order valence-electron chi connectivity index (χ1n) is 5.23. The first-order chi connectivity index (χ1) is 6.79. The predicted molar refractivity (Wildman–Crippen MR) is 57.4 cm³/mol. The summed E-state index contributed by atoms with van der Waals surface area (Å²) >= 11 is 0. The third kappa shape index (κ3) is 1.81. The molecule has 1 saturated heterocycles. The number of β-amino-alcohol motifs (C(OH)–C–C–N with tert-alkyl or cyclic N) is 1. The molecule has 1 aliphatic rings. The van der Waals surface area contributed by atoms with E-state index in [0.29, 0.717) is 5.92 Å². The van der Waals surface area contributed by atoms with Crippen LogP contribution in [0.25, 0.3) is 0 Å². The summed E-state index contributed by atoms with van der Waals surface area (Å²) in [5.74, 6) is 0.317. The molecule has 0 saturated carbocycles. The third-order valence-electron chi connectivity index (χ3n) is 3.04. The minimum absolute atomic E-state index is 0.232. The standard InChI is InChI=1S/C12H17NO/c1-9-4-2-3-5-10(9)11-6-7-13-8-12(11)14/h2-5,11-14H,6-8H2,1H3/t11-,12+/m1/s1. The fourth-order valence-corrected chi connectivity index (χ4v) is 2.21. The molecule has 14 heavy (non-hydrogen) atoms. The number of hydrogen-bond acceptors (Lipinski definition) is 2. The summed E-state index contributed by atoms with van der Waals surface area (Å²) in [6.07, 6.45) is 0.802. The van der Waals surface area contributed by atoms with E-state index in [1.807, 2.05) is 6.07 Å². The summed E-state index contributed by atoms with van der Waals surface area (Å²) in [6, 6.07) is 8.35. The second-order valence-electron chi connectivity index (χ2n) is 4.02. The maximum absolute atomic E-state index is 9.88. The first kappa shape index (κ1) is 9.69. The lowest BCUT2D eigenvalue weighted by atomic mass is 9.85. The zero-order chi connectivity index (χ0) is 9.97. The van der Waals surface area contributed by atoms with Crippen molar-refractivity contribution in [2.45, 2.75) is 25.4 Å². The zero-order valence-electron chi connectivity index (χ0n) is 8.53. The van der Waals surface area contributed by atoms with Gasteiger partial charge in [-0.05, 0) is 31.0 Å². The molecular formula is C12H17NO. The fourth-order valence-electron chi connectivity index (χ4n) is 2.21. The molecule has 2 nitrogen and oxygen atoms in total. The lowest BCUT2D eigenvalue weighted by molar-refractivity contribution is 0.118. The van der Waals surface area contributed by atoms with Gasteiger partial charge in [0.1, 0.15) is 0 Å². The highest BCUT2D eigenvalue weighted by Crippen LogP contribution is 2.27. The molecule has 0 radical (unpaired) electrons. The highest BCUT2D eigenvalue weighted by Gasteiger charge is 2.24. The van der Waals surface area contributed by atoms with E-state index in [9.17, 15) is 5.11 Å².